The van der Waals surface area contributed by atoms with E-state index in [-0.39, 0.29) is 12.6 Å². The number of halogens is 2. The lowest BCUT2D eigenvalue weighted by Gasteiger charge is -2.10. The minimum atomic E-state index is -0.0487. The first-order chi connectivity index (χ1) is 10.4. The number of nitrogens with zero attached hydrogens (tertiary/aromatic N) is 2. The molecule has 1 N–H and O–H groups in total. The normalized spacial score (nSPS) is 10.6. The van der Waals surface area contributed by atoms with Gasteiger partial charge in [-0.2, -0.15) is 5.10 Å². The molecule has 0 aliphatic carbocycles. The van der Waals surface area contributed by atoms with Crippen molar-refractivity contribution >= 4 is 34.8 Å². The predicted octanol–water partition coefficient (Wildman–Crippen LogP) is 4.19. The van der Waals surface area contributed by atoms with Crippen LogP contribution >= 0.6 is 23.2 Å². The van der Waals surface area contributed by atoms with E-state index in [1.54, 1.807) is 29.8 Å². The molecule has 0 saturated carbocycles. The van der Waals surface area contributed by atoms with Crippen LogP contribution in [0.15, 0.2) is 18.2 Å². The van der Waals surface area contributed by atoms with Crippen LogP contribution in [0.1, 0.15) is 24.7 Å². The van der Waals surface area contributed by atoms with E-state index in [0.717, 1.165) is 17.1 Å². The fourth-order valence-electron chi connectivity index (χ4n) is 1.95. The van der Waals surface area contributed by atoms with Crippen LogP contribution in [-0.2, 0) is 11.5 Å². The zero-order valence-corrected chi connectivity index (χ0v) is 14.1. The first-order valence-electron chi connectivity index (χ1n) is 6.84. The van der Waals surface area contributed by atoms with E-state index >= 15 is 0 Å². The van der Waals surface area contributed by atoms with Gasteiger partial charge >= 0.3 is 0 Å². The summed E-state index contributed by atoms with van der Waals surface area (Å²) in [6.45, 7) is 5.70. The highest BCUT2D eigenvalue weighted by Gasteiger charge is 2.14. The lowest BCUT2D eigenvalue weighted by atomic mass is 10.3. The third-order valence-electron chi connectivity index (χ3n) is 3.20. The highest BCUT2D eigenvalue weighted by Crippen LogP contribution is 2.28. The minimum absolute atomic E-state index is 0.0487. The molecular formula is C15H17Cl2N3O2. The van der Waals surface area contributed by atoms with E-state index in [2.05, 4.69) is 10.4 Å². The van der Waals surface area contributed by atoms with Crippen LogP contribution in [0.4, 0.5) is 5.69 Å². The summed E-state index contributed by atoms with van der Waals surface area (Å²) in [5.41, 5.74) is 2.28. The quantitative estimate of drug-likeness (QED) is 0.886. The number of aryl methyl sites for hydroxylation is 1. The third kappa shape index (κ3) is 3.72. The Bertz CT molecular complexity index is 698. The average molecular weight is 342 g/mol. The Morgan fingerprint density at radius 2 is 2.09 bits per heavy atom. The van der Waals surface area contributed by atoms with Crippen LogP contribution in [0.5, 0.6) is 5.75 Å². The lowest BCUT2D eigenvalue weighted by molar-refractivity contribution is -0.115. The average Bonchev–Trinajstić information content (AvgIpc) is 2.74. The predicted molar refractivity (Wildman–Crippen MR) is 87.7 cm³/mol. The monoisotopic (exact) mass is 341 g/mol. The molecule has 1 amide bonds. The van der Waals surface area contributed by atoms with Crippen molar-refractivity contribution in [1.29, 1.82) is 0 Å². The van der Waals surface area contributed by atoms with Crippen molar-refractivity contribution in [2.45, 2.75) is 33.9 Å². The molecule has 5 nitrogen and oxygen atoms in total. The number of benzene rings is 1. The molecule has 0 fully saturated rings. The summed E-state index contributed by atoms with van der Waals surface area (Å²) in [5.74, 6) is 0.477. The summed E-state index contributed by atoms with van der Waals surface area (Å²) in [4.78, 5) is 11.5. The van der Waals surface area contributed by atoms with Crippen molar-refractivity contribution in [2.24, 2.45) is 0 Å². The summed E-state index contributed by atoms with van der Waals surface area (Å²) < 4.78 is 7.33. The van der Waals surface area contributed by atoms with Gasteiger partial charge in [0.2, 0.25) is 5.91 Å². The van der Waals surface area contributed by atoms with E-state index in [0.29, 0.717) is 22.2 Å². The van der Waals surface area contributed by atoms with Gasteiger partial charge in [-0.3, -0.25) is 4.79 Å². The number of anilines is 1. The summed E-state index contributed by atoms with van der Waals surface area (Å²) >= 11 is 11.9. The second-order valence-electron chi connectivity index (χ2n) is 4.80. The number of hydrogen-bond acceptors (Lipinski definition) is 3. The van der Waals surface area contributed by atoms with Gasteiger partial charge in [-0.25, -0.2) is 4.68 Å². The number of carbonyl (C=O) groups is 1. The zero-order chi connectivity index (χ0) is 16.3. The maximum atomic E-state index is 11.5. The number of nitrogens with one attached hydrogen (secondary N) is 1. The van der Waals surface area contributed by atoms with Crippen molar-refractivity contribution in [3.63, 3.8) is 0 Å². The first kappa shape index (κ1) is 16.6. The lowest BCUT2D eigenvalue weighted by Crippen LogP contribution is -2.12. The molecule has 0 unspecified atom stereocenters. The van der Waals surface area contributed by atoms with Crippen LogP contribution in [0.2, 0.25) is 10.0 Å². The largest absolute Gasteiger partial charge is 0.470 e. The summed E-state index contributed by atoms with van der Waals surface area (Å²) in [6.07, 6.45) is 0.418. The van der Waals surface area contributed by atoms with Gasteiger partial charge in [-0.1, -0.05) is 30.1 Å². The van der Waals surface area contributed by atoms with Gasteiger partial charge in [0.05, 0.1) is 22.1 Å². The van der Waals surface area contributed by atoms with Crippen molar-refractivity contribution in [2.75, 3.05) is 5.32 Å². The minimum Gasteiger partial charge on any atom is -0.470 e. The molecule has 1 heterocycles. The van der Waals surface area contributed by atoms with Crippen molar-refractivity contribution in [3.8, 4) is 5.75 Å². The maximum absolute atomic E-state index is 11.5. The van der Waals surface area contributed by atoms with E-state index in [9.17, 15) is 4.79 Å². The van der Waals surface area contributed by atoms with Gasteiger partial charge in [0.25, 0.3) is 0 Å². The van der Waals surface area contributed by atoms with E-state index < -0.39 is 0 Å². The van der Waals surface area contributed by atoms with Gasteiger partial charge in [0.15, 0.2) is 6.73 Å². The third-order valence-corrected chi connectivity index (χ3v) is 3.73. The Hall–Kier alpha value is -1.72. The van der Waals surface area contributed by atoms with Crippen LogP contribution in [0.3, 0.4) is 0 Å². The fraction of sp³-hybridized carbons (Fsp3) is 0.333. The van der Waals surface area contributed by atoms with Crippen LogP contribution in [-0.4, -0.2) is 15.7 Å². The van der Waals surface area contributed by atoms with Gasteiger partial charge in [-0.15, -0.1) is 0 Å². The molecule has 1 aromatic heterocycles. The molecule has 0 atom stereocenters. The number of hydrogen-bond donors (Lipinski definition) is 1. The van der Waals surface area contributed by atoms with Gasteiger partial charge in [0, 0.05) is 11.4 Å². The Morgan fingerprint density at radius 3 is 2.73 bits per heavy atom. The smallest absolute Gasteiger partial charge is 0.224 e. The summed E-state index contributed by atoms with van der Waals surface area (Å²) in [5, 5.41) is 8.20. The Kier molecular flexibility index (Phi) is 5.32. The molecule has 7 heteroatoms. The van der Waals surface area contributed by atoms with Gasteiger partial charge in [-0.05, 0) is 32.0 Å². The highest BCUT2D eigenvalue weighted by atomic mass is 35.5. The first-order valence-corrected chi connectivity index (χ1v) is 7.59. The molecule has 0 radical (unpaired) electrons. The molecular weight excluding hydrogens is 325 g/mol. The van der Waals surface area contributed by atoms with E-state index in [1.807, 2.05) is 13.8 Å². The maximum Gasteiger partial charge on any atom is 0.224 e. The Morgan fingerprint density at radius 1 is 1.36 bits per heavy atom. The number of amides is 1. The number of carbonyl (C=O) groups excluding carboxylic acids is 1. The van der Waals surface area contributed by atoms with Gasteiger partial charge < -0.3 is 10.1 Å². The molecule has 0 saturated heterocycles. The van der Waals surface area contributed by atoms with Gasteiger partial charge in [0.1, 0.15) is 5.75 Å². The van der Waals surface area contributed by atoms with Crippen LogP contribution in [0.25, 0.3) is 0 Å². The number of rotatable bonds is 5. The standard InChI is InChI=1S/C15H17Cl2N3O2/c1-4-14(21)18-15-9(2)19-20(10(15)3)8-22-13-6-5-11(16)7-12(13)17/h5-7H,4,8H2,1-3H3,(H,18,21). The van der Waals surface area contributed by atoms with E-state index in [1.165, 1.54) is 0 Å². The topological polar surface area (TPSA) is 56.2 Å². The number of ether oxygens (including phenoxy) is 1. The molecule has 0 aliphatic heterocycles. The second kappa shape index (κ2) is 7.03. The molecule has 0 aliphatic rings. The molecule has 22 heavy (non-hydrogen) atoms. The number of aromatic nitrogens is 2. The molecule has 0 bridgehead atoms. The SMILES string of the molecule is CCC(=O)Nc1c(C)nn(COc2ccc(Cl)cc2Cl)c1C. The molecule has 1 aromatic carbocycles. The fourth-order valence-corrected chi connectivity index (χ4v) is 2.42. The summed E-state index contributed by atoms with van der Waals surface area (Å²) in [6, 6.07) is 5.03. The molecule has 2 aromatic rings. The Balaban J connectivity index is 2.13. The zero-order valence-electron chi connectivity index (χ0n) is 12.6. The van der Waals surface area contributed by atoms with Crippen molar-refractivity contribution in [1.82, 2.24) is 9.78 Å². The van der Waals surface area contributed by atoms with E-state index in [4.69, 9.17) is 27.9 Å². The molecule has 2 rings (SSSR count). The van der Waals surface area contributed by atoms with Crippen LogP contribution in [0, 0.1) is 13.8 Å². The van der Waals surface area contributed by atoms with Crippen molar-refractivity contribution in [3.05, 3.63) is 39.6 Å². The molecule has 118 valence electrons. The highest BCUT2D eigenvalue weighted by molar-refractivity contribution is 6.35. The summed E-state index contributed by atoms with van der Waals surface area (Å²) in [7, 11) is 0. The second-order valence-corrected chi connectivity index (χ2v) is 5.64. The van der Waals surface area contributed by atoms with Crippen LogP contribution < -0.4 is 10.1 Å². The molecule has 0 spiro atoms. The van der Waals surface area contributed by atoms with Crippen molar-refractivity contribution < 1.29 is 9.53 Å². The Labute approximate surface area is 139 Å².